The SMILES string of the molecule is Nc1ccc([C@@H](O)CNCCc2ccc(-c3ccc(C(=O)NS(=O)(=O)CCCO)c(C4CCCC4)c3)cc2)cc1. The summed E-state index contributed by atoms with van der Waals surface area (Å²) in [6, 6.07) is 21.1. The van der Waals surface area contributed by atoms with E-state index in [1.165, 1.54) is 5.56 Å². The molecule has 1 atom stereocenters. The van der Waals surface area contributed by atoms with E-state index in [-0.39, 0.29) is 24.7 Å². The predicted molar refractivity (Wildman–Crippen MR) is 158 cm³/mol. The highest BCUT2D eigenvalue weighted by molar-refractivity contribution is 7.90. The van der Waals surface area contributed by atoms with E-state index in [9.17, 15) is 18.3 Å². The predicted octanol–water partition coefficient (Wildman–Crippen LogP) is 3.90. The highest BCUT2D eigenvalue weighted by Crippen LogP contribution is 2.38. The average molecular weight is 566 g/mol. The van der Waals surface area contributed by atoms with Gasteiger partial charge in [0.2, 0.25) is 10.0 Å². The van der Waals surface area contributed by atoms with Crippen LogP contribution >= 0.6 is 0 Å². The molecule has 0 bridgehead atoms. The Kier molecular flexibility index (Phi) is 10.3. The standard InChI is InChI=1S/C31H39N3O5S/c32-27-13-10-25(11-14-27)30(36)21-33-17-16-22-6-8-23(9-7-22)26-12-15-28(29(20-26)24-4-1-2-5-24)31(37)34-40(38,39)19-3-18-35/h6-15,20,24,30,33,35-36H,1-5,16-19,21,32H2,(H,34,37)/t30-/m0/s1. The molecule has 0 heterocycles. The van der Waals surface area contributed by atoms with E-state index in [1.54, 1.807) is 18.2 Å². The molecule has 0 aliphatic heterocycles. The molecule has 4 rings (SSSR count). The number of hydrogen-bond donors (Lipinski definition) is 5. The molecule has 1 fully saturated rings. The topological polar surface area (TPSA) is 142 Å². The van der Waals surface area contributed by atoms with E-state index >= 15 is 0 Å². The molecule has 1 amide bonds. The van der Waals surface area contributed by atoms with Crippen molar-refractivity contribution in [3.05, 3.63) is 89.0 Å². The first-order chi connectivity index (χ1) is 19.3. The van der Waals surface area contributed by atoms with Crippen molar-refractivity contribution in [3.63, 3.8) is 0 Å². The van der Waals surface area contributed by atoms with Crippen LogP contribution in [0.3, 0.4) is 0 Å². The molecule has 1 aliphatic carbocycles. The molecule has 40 heavy (non-hydrogen) atoms. The van der Waals surface area contributed by atoms with Crippen molar-refractivity contribution in [2.24, 2.45) is 0 Å². The maximum atomic E-state index is 13.0. The fourth-order valence-corrected chi connectivity index (χ4v) is 6.20. The summed E-state index contributed by atoms with van der Waals surface area (Å²) in [7, 11) is -3.81. The van der Waals surface area contributed by atoms with Crippen molar-refractivity contribution in [1.82, 2.24) is 10.0 Å². The van der Waals surface area contributed by atoms with Crippen molar-refractivity contribution in [2.75, 3.05) is 31.2 Å². The van der Waals surface area contributed by atoms with Gasteiger partial charge in [0, 0.05) is 24.4 Å². The zero-order chi connectivity index (χ0) is 28.5. The number of sulfonamides is 1. The number of carbonyl (C=O) groups is 1. The third kappa shape index (κ3) is 8.14. The van der Waals surface area contributed by atoms with E-state index in [1.807, 2.05) is 24.3 Å². The number of carbonyl (C=O) groups excluding carboxylic acids is 1. The first-order valence-corrected chi connectivity index (χ1v) is 15.5. The number of benzene rings is 3. The summed E-state index contributed by atoms with van der Waals surface area (Å²) in [5, 5.41) is 22.6. The Morgan fingerprint density at radius 1 is 0.975 bits per heavy atom. The maximum absolute atomic E-state index is 13.0. The first kappa shape index (κ1) is 29.7. The van der Waals surface area contributed by atoms with Gasteiger partial charge in [-0.2, -0.15) is 0 Å². The number of aliphatic hydroxyl groups is 2. The van der Waals surface area contributed by atoms with Crippen LogP contribution in [0.5, 0.6) is 0 Å². The number of aliphatic hydroxyl groups excluding tert-OH is 2. The third-order valence-corrected chi connectivity index (χ3v) is 8.77. The second kappa shape index (κ2) is 13.9. The summed E-state index contributed by atoms with van der Waals surface area (Å²) in [6.45, 7) is 0.927. The summed E-state index contributed by atoms with van der Waals surface area (Å²) in [6.07, 6.45) is 4.41. The van der Waals surface area contributed by atoms with Gasteiger partial charge in [-0.25, -0.2) is 13.1 Å². The van der Waals surface area contributed by atoms with Gasteiger partial charge >= 0.3 is 0 Å². The zero-order valence-electron chi connectivity index (χ0n) is 22.7. The molecule has 214 valence electrons. The van der Waals surface area contributed by atoms with Crippen molar-refractivity contribution in [2.45, 2.75) is 50.5 Å². The van der Waals surface area contributed by atoms with Gasteiger partial charge in [-0.05, 0) is 84.2 Å². The van der Waals surface area contributed by atoms with Crippen molar-refractivity contribution in [3.8, 4) is 11.1 Å². The van der Waals surface area contributed by atoms with Crippen molar-refractivity contribution < 1.29 is 23.4 Å². The summed E-state index contributed by atoms with van der Waals surface area (Å²) in [4.78, 5) is 13.0. The Labute approximate surface area is 236 Å². The van der Waals surface area contributed by atoms with Gasteiger partial charge in [0.05, 0.1) is 11.9 Å². The lowest BCUT2D eigenvalue weighted by molar-refractivity contribution is 0.0980. The molecule has 6 N–H and O–H groups in total. The summed E-state index contributed by atoms with van der Waals surface area (Å²) >= 11 is 0. The highest BCUT2D eigenvalue weighted by atomic mass is 32.2. The minimum absolute atomic E-state index is 0.0780. The third-order valence-electron chi connectivity index (χ3n) is 7.45. The van der Waals surface area contributed by atoms with Gasteiger partial charge < -0.3 is 21.3 Å². The van der Waals surface area contributed by atoms with Crippen LogP contribution in [0.4, 0.5) is 5.69 Å². The van der Waals surface area contributed by atoms with E-state index in [4.69, 9.17) is 10.8 Å². The number of amides is 1. The van der Waals surface area contributed by atoms with Crippen molar-refractivity contribution in [1.29, 1.82) is 0 Å². The Morgan fingerprint density at radius 2 is 1.65 bits per heavy atom. The average Bonchev–Trinajstić information content (AvgIpc) is 3.49. The Bertz CT molecular complexity index is 1370. The van der Waals surface area contributed by atoms with Crippen LogP contribution in [0, 0.1) is 0 Å². The summed E-state index contributed by atoms with van der Waals surface area (Å²) in [5.74, 6) is -0.692. The van der Waals surface area contributed by atoms with Gasteiger partial charge in [-0.1, -0.05) is 61.4 Å². The van der Waals surface area contributed by atoms with E-state index < -0.39 is 22.0 Å². The molecule has 0 radical (unpaired) electrons. The molecule has 1 saturated carbocycles. The van der Waals surface area contributed by atoms with E-state index in [2.05, 4.69) is 34.3 Å². The molecule has 9 heteroatoms. The minimum atomic E-state index is -3.81. The number of nitrogens with two attached hydrogens (primary N) is 1. The molecule has 3 aromatic rings. The van der Waals surface area contributed by atoms with Crippen LogP contribution in [-0.2, 0) is 16.4 Å². The second-order valence-electron chi connectivity index (χ2n) is 10.4. The highest BCUT2D eigenvalue weighted by Gasteiger charge is 2.25. The number of nitrogen functional groups attached to an aromatic ring is 1. The first-order valence-electron chi connectivity index (χ1n) is 13.9. The molecule has 0 aromatic heterocycles. The number of hydrogen-bond acceptors (Lipinski definition) is 7. The lowest BCUT2D eigenvalue weighted by Gasteiger charge is -2.17. The second-order valence-corrected chi connectivity index (χ2v) is 12.3. The number of rotatable bonds is 13. The monoisotopic (exact) mass is 565 g/mol. The van der Waals surface area contributed by atoms with Crippen LogP contribution in [0.1, 0.15) is 71.2 Å². The molecule has 1 aliphatic rings. The molecule has 0 spiro atoms. The zero-order valence-corrected chi connectivity index (χ0v) is 23.5. The summed E-state index contributed by atoms with van der Waals surface area (Å²) in [5.41, 5.74) is 11.7. The Hall–Kier alpha value is -3.24. The van der Waals surface area contributed by atoms with Crippen LogP contribution in [0.15, 0.2) is 66.7 Å². The lowest BCUT2D eigenvalue weighted by Crippen LogP contribution is -2.33. The van der Waals surface area contributed by atoms with Gasteiger partial charge in [-0.15, -0.1) is 0 Å². The van der Waals surface area contributed by atoms with Gasteiger partial charge in [-0.3, -0.25) is 4.79 Å². The smallest absolute Gasteiger partial charge is 0.265 e. The van der Waals surface area contributed by atoms with Gasteiger partial charge in [0.1, 0.15) is 0 Å². The van der Waals surface area contributed by atoms with Crippen LogP contribution in [0.25, 0.3) is 11.1 Å². The fraction of sp³-hybridized carbons (Fsp3) is 0.387. The largest absolute Gasteiger partial charge is 0.399 e. The van der Waals surface area contributed by atoms with Crippen LogP contribution in [0.2, 0.25) is 0 Å². The van der Waals surface area contributed by atoms with Gasteiger partial charge in [0.25, 0.3) is 5.91 Å². The summed E-state index contributed by atoms with van der Waals surface area (Å²) < 4.78 is 26.7. The molecule has 0 saturated heterocycles. The molecule has 8 nitrogen and oxygen atoms in total. The van der Waals surface area contributed by atoms with Gasteiger partial charge in [0.15, 0.2) is 0 Å². The minimum Gasteiger partial charge on any atom is -0.399 e. The quantitative estimate of drug-likeness (QED) is 0.156. The normalized spacial score (nSPS) is 14.8. The number of anilines is 1. The van der Waals surface area contributed by atoms with Crippen molar-refractivity contribution >= 4 is 21.6 Å². The van der Waals surface area contributed by atoms with E-state index in [0.29, 0.717) is 17.8 Å². The van der Waals surface area contributed by atoms with E-state index in [0.717, 1.165) is 60.9 Å². The Morgan fingerprint density at radius 3 is 2.33 bits per heavy atom. The molecule has 3 aromatic carbocycles. The molecular formula is C31H39N3O5S. The Balaban J connectivity index is 1.40. The molecular weight excluding hydrogens is 526 g/mol. The number of nitrogens with one attached hydrogen (secondary N) is 2. The molecule has 0 unspecified atom stereocenters. The lowest BCUT2D eigenvalue weighted by atomic mass is 9.89. The fourth-order valence-electron chi connectivity index (χ4n) is 5.20. The maximum Gasteiger partial charge on any atom is 0.265 e. The van der Waals surface area contributed by atoms with Crippen LogP contribution < -0.4 is 15.8 Å². The van der Waals surface area contributed by atoms with Crippen LogP contribution in [-0.4, -0.2) is 50.0 Å².